The summed E-state index contributed by atoms with van der Waals surface area (Å²) >= 11 is 0. The summed E-state index contributed by atoms with van der Waals surface area (Å²) in [6.45, 7) is 6.61. The zero-order valence-electron chi connectivity index (χ0n) is 9.12. The van der Waals surface area contributed by atoms with Crippen molar-refractivity contribution in [3.05, 3.63) is 29.8 Å². The number of fused-ring (bicyclic) bond motifs is 1. The summed E-state index contributed by atoms with van der Waals surface area (Å²) in [5.41, 5.74) is 8.91. The third-order valence-electron chi connectivity index (χ3n) is 2.73. The summed E-state index contributed by atoms with van der Waals surface area (Å²) in [4.78, 5) is 2.31. The van der Waals surface area contributed by atoms with Gasteiger partial charge in [-0.2, -0.15) is 0 Å². The molecule has 2 N–H and O–H groups in total. The molecule has 0 fully saturated rings. The molecule has 1 atom stereocenters. The molecule has 76 valence electrons. The molecule has 1 aromatic carbocycles. The minimum absolute atomic E-state index is 0.103. The van der Waals surface area contributed by atoms with Crippen molar-refractivity contribution in [1.82, 2.24) is 0 Å². The number of anilines is 1. The van der Waals surface area contributed by atoms with Crippen molar-refractivity contribution in [3.8, 4) is 0 Å². The van der Waals surface area contributed by atoms with Crippen LogP contribution in [0.3, 0.4) is 0 Å². The highest BCUT2D eigenvalue weighted by atomic mass is 15.3. The fourth-order valence-corrected chi connectivity index (χ4v) is 2.27. The Morgan fingerprint density at radius 1 is 1.29 bits per heavy atom. The molecule has 0 saturated heterocycles. The third kappa shape index (κ3) is 1.40. The van der Waals surface area contributed by atoms with Gasteiger partial charge in [0, 0.05) is 17.6 Å². The predicted octanol–water partition coefficient (Wildman–Crippen LogP) is 2.13. The maximum absolute atomic E-state index is 6.14. The van der Waals surface area contributed by atoms with Crippen LogP contribution in [0.2, 0.25) is 0 Å². The Morgan fingerprint density at radius 2 is 1.93 bits per heavy atom. The molecule has 0 spiro atoms. The van der Waals surface area contributed by atoms with E-state index in [0.717, 1.165) is 6.42 Å². The topological polar surface area (TPSA) is 29.3 Å². The molecule has 1 aromatic rings. The Bertz CT molecular complexity index is 338. The molecule has 14 heavy (non-hydrogen) atoms. The normalized spacial score (nSPS) is 21.1. The van der Waals surface area contributed by atoms with E-state index in [4.69, 9.17) is 5.73 Å². The van der Waals surface area contributed by atoms with Crippen LogP contribution in [0.25, 0.3) is 0 Å². The van der Waals surface area contributed by atoms with E-state index < -0.39 is 0 Å². The second-order valence-electron chi connectivity index (χ2n) is 4.94. The van der Waals surface area contributed by atoms with Gasteiger partial charge < -0.3 is 10.6 Å². The van der Waals surface area contributed by atoms with Gasteiger partial charge in [0.15, 0.2) is 0 Å². The minimum Gasteiger partial charge on any atom is -0.351 e. The van der Waals surface area contributed by atoms with Crippen LogP contribution in [0.15, 0.2) is 24.3 Å². The Hall–Kier alpha value is -1.02. The van der Waals surface area contributed by atoms with Crippen molar-refractivity contribution in [3.63, 3.8) is 0 Å². The number of nitrogens with zero attached hydrogens (tertiary/aromatic N) is 1. The van der Waals surface area contributed by atoms with Gasteiger partial charge in [-0.25, -0.2) is 0 Å². The van der Waals surface area contributed by atoms with Crippen LogP contribution in [0, 0.1) is 0 Å². The van der Waals surface area contributed by atoms with E-state index in [1.165, 1.54) is 11.3 Å². The second kappa shape index (κ2) is 2.99. The third-order valence-corrected chi connectivity index (χ3v) is 2.73. The first-order chi connectivity index (χ1) is 6.50. The van der Waals surface area contributed by atoms with Gasteiger partial charge >= 0.3 is 0 Å². The molecule has 2 heteroatoms. The lowest BCUT2D eigenvalue weighted by atomic mass is 10.1. The smallest absolute Gasteiger partial charge is 0.0817 e. The van der Waals surface area contributed by atoms with Gasteiger partial charge in [0.2, 0.25) is 0 Å². The first kappa shape index (κ1) is 9.53. The van der Waals surface area contributed by atoms with Gasteiger partial charge in [0.1, 0.15) is 0 Å². The van der Waals surface area contributed by atoms with E-state index in [0.29, 0.717) is 0 Å². The molecule has 2 rings (SSSR count). The fraction of sp³-hybridized carbons (Fsp3) is 0.500. The highest BCUT2D eigenvalue weighted by molar-refractivity contribution is 5.60. The van der Waals surface area contributed by atoms with Gasteiger partial charge in [0.05, 0.1) is 6.17 Å². The van der Waals surface area contributed by atoms with E-state index in [9.17, 15) is 0 Å². The average Bonchev–Trinajstić information content (AvgIpc) is 2.38. The highest BCUT2D eigenvalue weighted by Crippen LogP contribution is 2.35. The van der Waals surface area contributed by atoms with Crippen molar-refractivity contribution >= 4 is 5.69 Å². The summed E-state index contributed by atoms with van der Waals surface area (Å²) in [7, 11) is 0. The molecule has 1 unspecified atom stereocenters. The molecule has 0 aliphatic carbocycles. The molecule has 1 aliphatic rings. The molecule has 0 saturated carbocycles. The van der Waals surface area contributed by atoms with Gasteiger partial charge in [-0.1, -0.05) is 18.2 Å². The summed E-state index contributed by atoms with van der Waals surface area (Å²) in [5.74, 6) is 0. The van der Waals surface area contributed by atoms with Crippen molar-refractivity contribution in [1.29, 1.82) is 0 Å². The fourth-order valence-electron chi connectivity index (χ4n) is 2.27. The first-order valence-electron chi connectivity index (χ1n) is 5.13. The number of hydrogen-bond acceptors (Lipinski definition) is 2. The lowest BCUT2D eigenvalue weighted by Crippen LogP contribution is -2.50. The molecule has 1 aliphatic heterocycles. The van der Waals surface area contributed by atoms with Crippen molar-refractivity contribution in [2.75, 3.05) is 4.90 Å². The Labute approximate surface area is 85.7 Å². The van der Waals surface area contributed by atoms with Crippen LogP contribution in [0.4, 0.5) is 5.69 Å². The van der Waals surface area contributed by atoms with Crippen LogP contribution in [0.5, 0.6) is 0 Å². The van der Waals surface area contributed by atoms with Crippen LogP contribution >= 0.6 is 0 Å². The number of para-hydroxylation sites is 1. The largest absolute Gasteiger partial charge is 0.351 e. The quantitative estimate of drug-likeness (QED) is 0.679. The van der Waals surface area contributed by atoms with E-state index >= 15 is 0 Å². The van der Waals surface area contributed by atoms with E-state index in [1.54, 1.807) is 0 Å². The van der Waals surface area contributed by atoms with E-state index in [-0.39, 0.29) is 11.7 Å². The number of rotatable bonds is 0. The molecule has 0 amide bonds. The second-order valence-corrected chi connectivity index (χ2v) is 4.94. The van der Waals surface area contributed by atoms with Gasteiger partial charge in [-0.3, -0.25) is 0 Å². The summed E-state index contributed by atoms with van der Waals surface area (Å²) in [5, 5.41) is 0. The molecule has 0 aromatic heterocycles. The van der Waals surface area contributed by atoms with Crippen LogP contribution in [-0.2, 0) is 6.42 Å². The maximum atomic E-state index is 6.14. The van der Waals surface area contributed by atoms with Crippen molar-refractivity contribution in [2.45, 2.75) is 38.9 Å². The predicted molar refractivity (Wildman–Crippen MR) is 60.4 cm³/mol. The Balaban J connectivity index is 2.45. The lowest BCUT2D eigenvalue weighted by Gasteiger charge is -2.38. The molecular weight excluding hydrogens is 172 g/mol. The van der Waals surface area contributed by atoms with Crippen LogP contribution < -0.4 is 10.6 Å². The van der Waals surface area contributed by atoms with Gasteiger partial charge in [-0.05, 0) is 32.4 Å². The summed E-state index contributed by atoms with van der Waals surface area (Å²) in [6.07, 6.45) is 1.10. The van der Waals surface area contributed by atoms with Crippen molar-refractivity contribution < 1.29 is 0 Å². The standard InChI is InChI=1S/C12H18N2/c1-12(2,3)14-10-7-5-4-6-9(10)8-11(14)13/h4-7,11H,8,13H2,1-3H3. The van der Waals surface area contributed by atoms with Gasteiger partial charge in [-0.15, -0.1) is 0 Å². The number of nitrogens with two attached hydrogens (primary N) is 1. The minimum atomic E-state index is 0.103. The van der Waals surface area contributed by atoms with Gasteiger partial charge in [0.25, 0.3) is 0 Å². The van der Waals surface area contributed by atoms with Crippen LogP contribution in [-0.4, -0.2) is 11.7 Å². The number of benzene rings is 1. The zero-order valence-corrected chi connectivity index (χ0v) is 9.12. The molecular formula is C12H18N2. The zero-order chi connectivity index (χ0) is 10.3. The Kier molecular flexibility index (Phi) is 2.04. The molecule has 0 bridgehead atoms. The molecule has 0 radical (unpaired) electrons. The number of hydrogen-bond donors (Lipinski definition) is 1. The highest BCUT2D eigenvalue weighted by Gasteiger charge is 2.33. The Morgan fingerprint density at radius 3 is 2.57 bits per heavy atom. The lowest BCUT2D eigenvalue weighted by molar-refractivity contribution is 0.458. The summed E-state index contributed by atoms with van der Waals surface area (Å²) in [6, 6.07) is 8.49. The SMILES string of the molecule is CC(C)(C)N1c2ccccc2CC1N. The molecule has 1 heterocycles. The molecule has 2 nitrogen and oxygen atoms in total. The first-order valence-corrected chi connectivity index (χ1v) is 5.13. The summed E-state index contributed by atoms with van der Waals surface area (Å²) < 4.78 is 0. The average molecular weight is 190 g/mol. The van der Waals surface area contributed by atoms with Crippen molar-refractivity contribution in [2.24, 2.45) is 5.73 Å². The van der Waals surface area contributed by atoms with E-state index in [1.807, 2.05) is 0 Å². The maximum Gasteiger partial charge on any atom is 0.0817 e. The van der Waals surface area contributed by atoms with E-state index in [2.05, 4.69) is 49.9 Å². The monoisotopic (exact) mass is 190 g/mol. The van der Waals surface area contributed by atoms with Crippen LogP contribution in [0.1, 0.15) is 26.3 Å².